The predicted molar refractivity (Wildman–Crippen MR) is 49.4 cm³/mol. The summed E-state index contributed by atoms with van der Waals surface area (Å²) < 4.78 is 13.7. The summed E-state index contributed by atoms with van der Waals surface area (Å²) in [4.78, 5) is 11.1. The van der Waals surface area contributed by atoms with Crippen molar-refractivity contribution < 1.29 is 4.39 Å². The number of fused-ring (bicyclic) bond motifs is 1. The summed E-state index contributed by atoms with van der Waals surface area (Å²) in [5.41, 5.74) is 0.0222. The summed E-state index contributed by atoms with van der Waals surface area (Å²) in [6.07, 6.45) is 0. The Morgan fingerprint density at radius 3 is 2.69 bits per heavy atom. The van der Waals surface area contributed by atoms with Crippen LogP contribution in [0.4, 0.5) is 4.39 Å². The highest BCUT2D eigenvalue weighted by Gasteiger charge is 2.01. The molecule has 0 unspecified atom stereocenters. The van der Waals surface area contributed by atoms with Crippen LogP contribution in [0.1, 0.15) is 0 Å². The van der Waals surface area contributed by atoms with Gasteiger partial charge in [0.05, 0.1) is 5.52 Å². The van der Waals surface area contributed by atoms with Gasteiger partial charge in [0.25, 0.3) is 5.56 Å². The first-order valence-electron chi connectivity index (χ1n) is 3.66. The molecule has 0 saturated carbocycles. The van der Waals surface area contributed by atoms with Gasteiger partial charge in [-0.3, -0.25) is 4.79 Å². The Morgan fingerprint density at radius 1 is 1.23 bits per heavy atom. The molecule has 0 spiro atoms. The molecule has 2 nitrogen and oxygen atoms in total. The second-order valence-electron chi connectivity index (χ2n) is 2.66. The summed E-state index contributed by atoms with van der Waals surface area (Å²) >= 11 is 5.64. The fourth-order valence-electron chi connectivity index (χ4n) is 1.17. The van der Waals surface area contributed by atoms with Gasteiger partial charge in [-0.1, -0.05) is 0 Å². The van der Waals surface area contributed by atoms with Gasteiger partial charge >= 0.3 is 0 Å². The van der Waals surface area contributed by atoms with Crippen molar-refractivity contribution in [2.75, 3.05) is 0 Å². The van der Waals surface area contributed by atoms with E-state index in [1.807, 2.05) is 0 Å². The van der Waals surface area contributed by atoms with Gasteiger partial charge in [0, 0.05) is 23.2 Å². The SMILES string of the molecule is O=c1ccc2ccc(F)cc2n1Cl. The van der Waals surface area contributed by atoms with Gasteiger partial charge in [-0.05, 0) is 24.3 Å². The number of aromatic nitrogens is 1. The molecule has 0 bridgehead atoms. The summed E-state index contributed by atoms with van der Waals surface area (Å²) in [6, 6.07) is 7.07. The average molecular weight is 198 g/mol. The van der Waals surface area contributed by atoms with Crippen LogP contribution in [-0.2, 0) is 0 Å². The second kappa shape index (κ2) is 2.85. The number of hydrogen-bond acceptors (Lipinski definition) is 1. The molecule has 2 rings (SSSR count). The van der Waals surface area contributed by atoms with Crippen molar-refractivity contribution in [2.24, 2.45) is 0 Å². The Kier molecular flexibility index (Phi) is 1.81. The van der Waals surface area contributed by atoms with E-state index in [1.54, 1.807) is 12.1 Å². The molecule has 0 amide bonds. The van der Waals surface area contributed by atoms with E-state index in [-0.39, 0.29) is 5.56 Å². The maximum absolute atomic E-state index is 12.8. The molecule has 4 heteroatoms. The van der Waals surface area contributed by atoms with Gasteiger partial charge in [-0.2, -0.15) is 0 Å². The molecule has 0 radical (unpaired) electrons. The topological polar surface area (TPSA) is 22.0 Å². The second-order valence-corrected chi connectivity index (χ2v) is 2.99. The van der Waals surface area contributed by atoms with Crippen molar-refractivity contribution in [1.29, 1.82) is 0 Å². The third kappa shape index (κ3) is 1.31. The fraction of sp³-hybridized carbons (Fsp3) is 0. The van der Waals surface area contributed by atoms with E-state index in [1.165, 1.54) is 18.2 Å². The lowest BCUT2D eigenvalue weighted by Gasteiger charge is -2.00. The highest BCUT2D eigenvalue weighted by Crippen LogP contribution is 2.13. The Morgan fingerprint density at radius 2 is 1.92 bits per heavy atom. The zero-order valence-corrected chi connectivity index (χ0v) is 7.25. The molecule has 1 heterocycles. The summed E-state index contributed by atoms with van der Waals surface area (Å²) in [5.74, 6) is -0.410. The zero-order chi connectivity index (χ0) is 9.42. The van der Waals surface area contributed by atoms with Crippen LogP contribution in [0.2, 0.25) is 0 Å². The fourth-order valence-corrected chi connectivity index (χ4v) is 1.38. The maximum Gasteiger partial charge on any atom is 0.265 e. The van der Waals surface area contributed by atoms with Crippen LogP contribution in [0.25, 0.3) is 10.9 Å². The van der Waals surface area contributed by atoms with E-state index in [0.29, 0.717) is 5.52 Å². The van der Waals surface area contributed by atoms with Gasteiger partial charge < -0.3 is 0 Å². The molecule has 0 N–H and O–H groups in total. The van der Waals surface area contributed by atoms with Crippen LogP contribution in [0, 0.1) is 5.82 Å². The average Bonchev–Trinajstić information content (AvgIpc) is 2.12. The van der Waals surface area contributed by atoms with Crippen LogP contribution >= 0.6 is 11.8 Å². The minimum absolute atomic E-state index is 0.361. The van der Waals surface area contributed by atoms with E-state index >= 15 is 0 Å². The molecular formula is C9H5ClFNO. The molecular weight excluding hydrogens is 193 g/mol. The molecule has 2 aromatic rings. The lowest BCUT2D eigenvalue weighted by atomic mass is 10.2. The van der Waals surface area contributed by atoms with Gasteiger partial charge in [-0.25, -0.2) is 8.48 Å². The van der Waals surface area contributed by atoms with Gasteiger partial charge in [0.15, 0.2) is 0 Å². The lowest BCUT2D eigenvalue weighted by Crippen LogP contribution is -2.10. The largest absolute Gasteiger partial charge is 0.268 e. The first-order valence-corrected chi connectivity index (χ1v) is 4.00. The van der Waals surface area contributed by atoms with Crippen molar-refractivity contribution in [3.63, 3.8) is 0 Å². The van der Waals surface area contributed by atoms with Crippen LogP contribution in [0.15, 0.2) is 35.1 Å². The third-order valence-corrected chi connectivity index (χ3v) is 2.15. The molecule has 13 heavy (non-hydrogen) atoms. The summed E-state index contributed by atoms with van der Waals surface area (Å²) in [7, 11) is 0. The molecule has 0 aliphatic carbocycles. The molecule has 1 aromatic heterocycles. The summed E-state index contributed by atoms with van der Waals surface area (Å²) in [6.45, 7) is 0. The molecule has 66 valence electrons. The number of rotatable bonds is 0. The van der Waals surface area contributed by atoms with Crippen molar-refractivity contribution in [2.45, 2.75) is 0 Å². The zero-order valence-electron chi connectivity index (χ0n) is 6.50. The summed E-state index contributed by atoms with van der Waals surface area (Å²) in [5, 5.41) is 0.732. The van der Waals surface area contributed by atoms with E-state index in [2.05, 4.69) is 0 Å². The Hall–Kier alpha value is -1.35. The lowest BCUT2D eigenvalue weighted by molar-refractivity contribution is 0.629. The van der Waals surface area contributed by atoms with Crippen molar-refractivity contribution in [1.82, 2.24) is 4.09 Å². The minimum Gasteiger partial charge on any atom is -0.268 e. The van der Waals surface area contributed by atoms with E-state index < -0.39 is 5.82 Å². The number of hydrogen-bond donors (Lipinski definition) is 0. The number of benzene rings is 1. The molecule has 0 aliphatic heterocycles. The minimum atomic E-state index is -0.410. The molecule has 1 aromatic carbocycles. The Balaban J connectivity index is 2.97. The van der Waals surface area contributed by atoms with Crippen LogP contribution in [0.3, 0.4) is 0 Å². The number of nitrogens with zero attached hydrogens (tertiary/aromatic N) is 1. The monoisotopic (exact) mass is 197 g/mol. The Labute approximate surface area is 78.3 Å². The predicted octanol–water partition coefficient (Wildman–Crippen LogP) is 2.14. The molecule has 0 aliphatic rings. The van der Waals surface area contributed by atoms with Gasteiger partial charge in [0.2, 0.25) is 0 Å². The highest BCUT2D eigenvalue weighted by molar-refractivity contribution is 6.18. The normalized spacial score (nSPS) is 10.6. The Bertz CT molecular complexity index is 520. The van der Waals surface area contributed by atoms with Crippen LogP contribution in [-0.4, -0.2) is 4.09 Å². The van der Waals surface area contributed by atoms with E-state index in [9.17, 15) is 9.18 Å². The molecule has 0 atom stereocenters. The quantitative estimate of drug-likeness (QED) is 0.634. The standard InChI is InChI=1S/C9H5ClFNO/c10-12-8-5-7(11)3-1-6(8)2-4-9(12)13/h1-5H. The van der Waals surface area contributed by atoms with E-state index in [0.717, 1.165) is 9.47 Å². The van der Waals surface area contributed by atoms with Crippen LogP contribution in [0.5, 0.6) is 0 Å². The molecule has 0 saturated heterocycles. The van der Waals surface area contributed by atoms with Crippen molar-refractivity contribution in [3.8, 4) is 0 Å². The third-order valence-electron chi connectivity index (χ3n) is 1.80. The van der Waals surface area contributed by atoms with E-state index in [4.69, 9.17) is 11.8 Å². The van der Waals surface area contributed by atoms with Crippen molar-refractivity contribution in [3.05, 3.63) is 46.5 Å². The maximum atomic E-state index is 12.8. The number of halogens is 2. The first-order chi connectivity index (χ1) is 6.18. The molecule has 0 fully saturated rings. The highest BCUT2D eigenvalue weighted by atomic mass is 35.5. The van der Waals surface area contributed by atoms with Gasteiger partial charge in [-0.15, -0.1) is 0 Å². The van der Waals surface area contributed by atoms with Crippen LogP contribution < -0.4 is 5.56 Å². The van der Waals surface area contributed by atoms with Gasteiger partial charge in [0.1, 0.15) is 5.82 Å². The smallest absolute Gasteiger partial charge is 0.265 e. The number of pyridine rings is 1. The van der Waals surface area contributed by atoms with Crippen molar-refractivity contribution >= 4 is 22.7 Å². The first kappa shape index (κ1) is 8.26.